The third kappa shape index (κ3) is 4.13. The van der Waals surface area contributed by atoms with Gasteiger partial charge in [-0.15, -0.1) is 0 Å². The third-order valence-corrected chi connectivity index (χ3v) is 2.87. The van der Waals surface area contributed by atoms with Gasteiger partial charge in [0, 0.05) is 11.6 Å². The Morgan fingerprint density at radius 2 is 2.00 bits per heavy atom. The van der Waals surface area contributed by atoms with Gasteiger partial charge in [-0.2, -0.15) is 0 Å². The second-order valence-electron chi connectivity index (χ2n) is 4.25. The second kappa shape index (κ2) is 8.43. The number of methoxy groups -OCH3 is 2. The Hall–Kier alpha value is -1.75. The smallest absolute Gasteiger partial charge is 0.327 e. The van der Waals surface area contributed by atoms with Crippen molar-refractivity contribution in [2.24, 2.45) is 0 Å². The van der Waals surface area contributed by atoms with Crippen molar-refractivity contribution in [3.8, 4) is 11.5 Å². The first kappa shape index (κ1) is 16.3. The van der Waals surface area contributed by atoms with Crippen LogP contribution in [0.1, 0.15) is 31.9 Å². The second-order valence-corrected chi connectivity index (χ2v) is 4.25. The van der Waals surface area contributed by atoms with E-state index in [0.29, 0.717) is 18.1 Å². The number of nitrogens with one attached hydrogen (secondary N) is 1. The molecule has 0 aliphatic rings. The fourth-order valence-electron chi connectivity index (χ4n) is 1.89. The Bertz CT molecular complexity index is 434. The van der Waals surface area contributed by atoms with Crippen LogP contribution in [0.4, 0.5) is 0 Å². The lowest BCUT2D eigenvalue weighted by Crippen LogP contribution is -2.31. The molecule has 0 aliphatic heterocycles. The number of carbonyl (C=O) groups excluding carboxylic acids is 1. The van der Waals surface area contributed by atoms with E-state index in [-0.39, 0.29) is 5.97 Å². The summed E-state index contributed by atoms with van der Waals surface area (Å²) in [6, 6.07) is 4.85. The number of esters is 1. The van der Waals surface area contributed by atoms with Gasteiger partial charge in [0.25, 0.3) is 0 Å². The van der Waals surface area contributed by atoms with Gasteiger partial charge in [-0.05, 0) is 32.0 Å². The lowest BCUT2D eigenvalue weighted by Gasteiger charge is -2.20. The van der Waals surface area contributed by atoms with Gasteiger partial charge in [-0.3, -0.25) is 0 Å². The molecule has 0 fully saturated rings. The van der Waals surface area contributed by atoms with E-state index >= 15 is 0 Å². The van der Waals surface area contributed by atoms with Gasteiger partial charge in [0.15, 0.2) is 0 Å². The highest BCUT2D eigenvalue weighted by Gasteiger charge is 2.24. The van der Waals surface area contributed by atoms with Gasteiger partial charge >= 0.3 is 5.97 Å². The maximum atomic E-state index is 12.1. The van der Waals surface area contributed by atoms with Crippen LogP contribution in [0, 0.1) is 0 Å². The Labute approximate surface area is 120 Å². The van der Waals surface area contributed by atoms with Gasteiger partial charge in [-0.1, -0.05) is 6.92 Å². The zero-order valence-corrected chi connectivity index (χ0v) is 12.6. The molecule has 0 heterocycles. The van der Waals surface area contributed by atoms with Gasteiger partial charge in [0.2, 0.25) is 0 Å². The van der Waals surface area contributed by atoms with E-state index in [1.807, 2.05) is 13.0 Å². The first-order valence-electron chi connectivity index (χ1n) is 6.79. The number of hydrogen-bond acceptors (Lipinski definition) is 5. The summed E-state index contributed by atoms with van der Waals surface area (Å²) in [7, 11) is 3.16. The van der Waals surface area contributed by atoms with Crippen molar-refractivity contribution < 1.29 is 19.0 Å². The number of carbonyl (C=O) groups is 1. The van der Waals surface area contributed by atoms with Crippen molar-refractivity contribution in [3.63, 3.8) is 0 Å². The van der Waals surface area contributed by atoms with Gasteiger partial charge in [0.1, 0.15) is 17.5 Å². The first-order chi connectivity index (χ1) is 9.67. The predicted molar refractivity (Wildman–Crippen MR) is 77.2 cm³/mol. The summed E-state index contributed by atoms with van der Waals surface area (Å²) >= 11 is 0. The largest absolute Gasteiger partial charge is 0.497 e. The van der Waals surface area contributed by atoms with Crippen LogP contribution in [-0.2, 0) is 9.53 Å². The third-order valence-electron chi connectivity index (χ3n) is 2.87. The fraction of sp³-hybridized carbons (Fsp3) is 0.533. The van der Waals surface area contributed by atoms with E-state index in [4.69, 9.17) is 14.2 Å². The Morgan fingerprint density at radius 3 is 2.55 bits per heavy atom. The molecule has 0 bridgehead atoms. The van der Waals surface area contributed by atoms with Crippen LogP contribution in [0.25, 0.3) is 0 Å². The predicted octanol–water partition coefficient (Wildman–Crippen LogP) is 2.31. The molecule has 112 valence electrons. The van der Waals surface area contributed by atoms with Gasteiger partial charge in [-0.25, -0.2) is 4.79 Å². The minimum Gasteiger partial charge on any atom is -0.497 e. The molecular weight excluding hydrogens is 258 g/mol. The van der Waals surface area contributed by atoms with E-state index < -0.39 is 6.04 Å². The Morgan fingerprint density at radius 1 is 1.25 bits per heavy atom. The normalized spacial score (nSPS) is 11.8. The van der Waals surface area contributed by atoms with Crippen LogP contribution >= 0.6 is 0 Å². The standard InChI is InChI=1S/C15H23NO4/c1-5-9-16-14(15(17)20-6-2)12-8-7-11(18-3)10-13(12)19-4/h7-8,10,14,16H,5-6,9H2,1-4H3. The minimum absolute atomic E-state index is 0.301. The van der Waals surface area contributed by atoms with Crippen molar-refractivity contribution in [3.05, 3.63) is 23.8 Å². The minimum atomic E-state index is -0.532. The maximum absolute atomic E-state index is 12.1. The molecule has 1 unspecified atom stereocenters. The average molecular weight is 281 g/mol. The highest BCUT2D eigenvalue weighted by Crippen LogP contribution is 2.30. The molecule has 0 spiro atoms. The molecule has 0 saturated heterocycles. The molecule has 20 heavy (non-hydrogen) atoms. The van der Waals surface area contributed by atoms with Crippen molar-refractivity contribution in [2.45, 2.75) is 26.3 Å². The summed E-state index contributed by atoms with van der Waals surface area (Å²) in [6.07, 6.45) is 0.925. The zero-order valence-electron chi connectivity index (χ0n) is 12.6. The number of hydrogen-bond donors (Lipinski definition) is 1. The SMILES string of the molecule is CCCNC(C(=O)OCC)c1ccc(OC)cc1OC. The molecule has 1 atom stereocenters. The molecule has 1 rings (SSSR count). The van der Waals surface area contributed by atoms with Crippen LogP contribution in [0.2, 0.25) is 0 Å². The average Bonchev–Trinajstić information content (AvgIpc) is 2.48. The molecule has 0 amide bonds. The summed E-state index contributed by atoms with van der Waals surface area (Å²) in [6.45, 7) is 4.90. The molecule has 1 aromatic carbocycles. The summed E-state index contributed by atoms with van der Waals surface area (Å²) in [5.41, 5.74) is 0.750. The quantitative estimate of drug-likeness (QED) is 0.741. The van der Waals surface area contributed by atoms with E-state index in [9.17, 15) is 4.79 Å². The van der Waals surface area contributed by atoms with Crippen LogP contribution in [-0.4, -0.2) is 33.3 Å². The summed E-state index contributed by atoms with van der Waals surface area (Å²) in [4.78, 5) is 12.1. The zero-order chi connectivity index (χ0) is 15.0. The van der Waals surface area contributed by atoms with Gasteiger partial charge in [0.05, 0.1) is 20.8 Å². The summed E-state index contributed by atoms with van der Waals surface area (Å²) in [5, 5.41) is 3.19. The van der Waals surface area contributed by atoms with Crippen molar-refractivity contribution in [1.29, 1.82) is 0 Å². The molecule has 5 nitrogen and oxygen atoms in total. The van der Waals surface area contributed by atoms with Crippen molar-refractivity contribution in [2.75, 3.05) is 27.4 Å². The summed E-state index contributed by atoms with van der Waals surface area (Å²) < 4.78 is 15.6. The molecule has 5 heteroatoms. The maximum Gasteiger partial charge on any atom is 0.327 e. The van der Waals surface area contributed by atoms with Crippen LogP contribution in [0.3, 0.4) is 0 Å². The highest BCUT2D eigenvalue weighted by molar-refractivity contribution is 5.79. The fourth-order valence-corrected chi connectivity index (χ4v) is 1.89. The number of rotatable bonds is 8. The molecule has 1 aromatic rings. The van der Waals surface area contributed by atoms with Crippen LogP contribution in [0.5, 0.6) is 11.5 Å². The highest BCUT2D eigenvalue weighted by atomic mass is 16.5. The molecule has 0 aliphatic carbocycles. The monoisotopic (exact) mass is 281 g/mol. The topological polar surface area (TPSA) is 56.8 Å². The summed E-state index contributed by atoms with van der Waals surface area (Å²) in [5.74, 6) is 0.985. The molecule has 1 N–H and O–H groups in total. The lowest BCUT2D eigenvalue weighted by atomic mass is 10.1. The van der Waals surface area contributed by atoms with E-state index in [0.717, 1.165) is 18.5 Å². The molecule has 0 saturated carbocycles. The lowest BCUT2D eigenvalue weighted by molar-refractivity contribution is -0.145. The Kier molecular flexibility index (Phi) is 6.87. The first-order valence-corrected chi connectivity index (χ1v) is 6.79. The van der Waals surface area contributed by atoms with Crippen molar-refractivity contribution >= 4 is 5.97 Å². The van der Waals surface area contributed by atoms with E-state index in [1.165, 1.54) is 0 Å². The van der Waals surface area contributed by atoms with E-state index in [1.54, 1.807) is 33.3 Å². The Balaban J connectivity index is 3.08. The molecule has 0 aromatic heterocycles. The molecule has 0 radical (unpaired) electrons. The van der Waals surface area contributed by atoms with Crippen LogP contribution < -0.4 is 14.8 Å². The molecular formula is C15H23NO4. The number of ether oxygens (including phenoxy) is 3. The van der Waals surface area contributed by atoms with E-state index in [2.05, 4.69) is 5.32 Å². The number of benzene rings is 1. The van der Waals surface area contributed by atoms with Crippen LogP contribution in [0.15, 0.2) is 18.2 Å². The van der Waals surface area contributed by atoms with Crippen molar-refractivity contribution in [1.82, 2.24) is 5.32 Å². The van der Waals surface area contributed by atoms with Gasteiger partial charge < -0.3 is 19.5 Å².